The Morgan fingerprint density at radius 1 is 1.28 bits per heavy atom. The predicted molar refractivity (Wildman–Crippen MR) is 101 cm³/mol. The fraction of sp³-hybridized carbons (Fsp3) is 0.167. The maximum atomic E-state index is 12.6. The Morgan fingerprint density at radius 2 is 2.03 bits per heavy atom. The molecule has 0 bridgehead atoms. The zero-order valence-electron chi connectivity index (χ0n) is 15.2. The first-order valence-electron chi connectivity index (χ1n) is 8.09. The molecule has 0 N–H and O–H groups in total. The lowest BCUT2D eigenvalue weighted by Gasteiger charge is -2.09. The quantitative estimate of drug-likeness (QED) is 0.300. The van der Waals surface area contributed by atoms with Crippen molar-refractivity contribution < 1.29 is 33.2 Å². The molecule has 10 nitrogen and oxygen atoms in total. The molecule has 3 rings (SSSR count). The number of hydrogen-bond donors (Lipinski definition) is 0. The van der Waals surface area contributed by atoms with E-state index in [0.717, 1.165) is 4.90 Å². The van der Waals surface area contributed by atoms with Crippen LogP contribution >= 0.6 is 11.8 Å². The molecule has 2 heterocycles. The molecule has 0 aliphatic carbocycles. The number of ether oxygens (including phenoxy) is 2. The molecule has 0 unspecified atom stereocenters. The maximum absolute atomic E-state index is 12.6. The van der Waals surface area contributed by atoms with E-state index in [2.05, 4.69) is 4.74 Å². The number of amides is 2. The monoisotopic (exact) mass is 418 g/mol. The number of hydrogen-bond acceptors (Lipinski definition) is 9. The summed E-state index contributed by atoms with van der Waals surface area (Å²) in [7, 11) is 2.52. The minimum absolute atomic E-state index is 0.0458. The maximum Gasteiger partial charge on any atom is 0.373 e. The van der Waals surface area contributed by atoms with Crippen LogP contribution < -0.4 is 4.74 Å². The molecule has 29 heavy (non-hydrogen) atoms. The third-order valence-electron chi connectivity index (χ3n) is 3.93. The van der Waals surface area contributed by atoms with Gasteiger partial charge in [0.2, 0.25) is 5.76 Å². The van der Waals surface area contributed by atoms with Gasteiger partial charge in [-0.3, -0.25) is 24.6 Å². The van der Waals surface area contributed by atoms with Crippen LogP contribution in [0.5, 0.6) is 5.75 Å². The zero-order chi connectivity index (χ0) is 21.1. The molecule has 1 aromatic carbocycles. The van der Waals surface area contributed by atoms with Crippen LogP contribution in [0.2, 0.25) is 0 Å². The van der Waals surface area contributed by atoms with Crippen molar-refractivity contribution in [3.8, 4) is 5.75 Å². The van der Waals surface area contributed by atoms with Gasteiger partial charge in [-0.05, 0) is 41.6 Å². The van der Waals surface area contributed by atoms with Crippen molar-refractivity contribution in [2.75, 3.05) is 14.2 Å². The van der Waals surface area contributed by atoms with Crippen LogP contribution in [0.4, 0.5) is 10.5 Å². The summed E-state index contributed by atoms with van der Waals surface area (Å²) in [5, 5.41) is 10.6. The fourth-order valence-corrected chi connectivity index (χ4v) is 3.39. The Bertz CT molecular complexity index is 1040. The first-order chi connectivity index (χ1) is 13.8. The van der Waals surface area contributed by atoms with Gasteiger partial charge in [0.1, 0.15) is 5.76 Å². The number of methoxy groups -OCH3 is 2. The second-order valence-electron chi connectivity index (χ2n) is 5.71. The van der Waals surface area contributed by atoms with Gasteiger partial charge in [0, 0.05) is 6.07 Å². The summed E-state index contributed by atoms with van der Waals surface area (Å²) in [6.45, 7) is -0.165. The molecule has 0 radical (unpaired) electrons. The molecular formula is C18H14N2O8S. The molecule has 2 aromatic rings. The molecule has 1 saturated heterocycles. The van der Waals surface area contributed by atoms with Crippen molar-refractivity contribution in [2.24, 2.45) is 0 Å². The van der Waals surface area contributed by atoms with Gasteiger partial charge in [0.25, 0.3) is 11.1 Å². The number of nitro groups is 1. The SMILES string of the molecule is COC(=O)c1ccc(CN2C(=O)S/C(=C/c3ccc(OC)c([N+](=O)[O-])c3)C2=O)o1. The van der Waals surface area contributed by atoms with Crippen LogP contribution in [0.1, 0.15) is 21.9 Å². The van der Waals surface area contributed by atoms with Gasteiger partial charge in [-0.15, -0.1) is 0 Å². The molecule has 1 aliphatic heterocycles. The van der Waals surface area contributed by atoms with E-state index in [1.165, 1.54) is 50.6 Å². The number of carbonyl (C=O) groups is 3. The minimum Gasteiger partial charge on any atom is -0.490 e. The van der Waals surface area contributed by atoms with Crippen molar-refractivity contribution in [1.82, 2.24) is 4.90 Å². The fourth-order valence-electron chi connectivity index (χ4n) is 2.56. The summed E-state index contributed by atoms with van der Waals surface area (Å²) in [6.07, 6.45) is 1.39. The van der Waals surface area contributed by atoms with E-state index in [9.17, 15) is 24.5 Å². The number of benzene rings is 1. The average molecular weight is 418 g/mol. The van der Waals surface area contributed by atoms with Gasteiger partial charge in [0.05, 0.1) is 30.6 Å². The second kappa shape index (κ2) is 8.19. The number of furan rings is 1. The summed E-state index contributed by atoms with van der Waals surface area (Å²) in [4.78, 5) is 47.9. The van der Waals surface area contributed by atoms with E-state index in [4.69, 9.17) is 9.15 Å². The smallest absolute Gasteiger partial charge is 0.373 e. The van der Waals surface area contributed by atoms with Crippen molar-refractivity contribution in [3.05, 3.63) is 62.4 Å². The van der Waals surface area contributed by atoms with Crippen molar-refractivity contribution >= 4 is 40.6 Å². The lowest BCUT2D eigenvalue weighted by atomic mass is 10.1. The van der Waals surface area contributed by atoms with E-state index in [1.54, 1.807) is 0 Å². The van der Waals surface area contributed by atoms with Crippen molar-refractivity contribution in [1.29, 1.82) is 0 Å². The first kappa shape index (κ1) is 20.1. The number of carbonyl (C=O) groups excluding carboxylic acids is 3. The first-order valence-corrected chi connectivity index (χ1v) is 8.90. The molecule has 1 aromatic heterocycles. The Kier molecular flexibility index (Phi) is 5.69. The van der Waals surface area contributed by atoms with Crippen molar-refractivity contribution in [2.45, 2.75) is 6.54 Å². The molecule has 1 fully saturated rings. The Labute approximate surface area is 168 Å². The van der Waals surface area contributed by atoms with E-state index < -0.39 is 22.0 Å². The number of esters is 1. The Balaban J connectivity index is 1.81. The molecule has 150 valence electrons. The van der Waals surface area contributed by atoms with E-state index in [0.29, 0.717) is 17.3 Å². The van der Waals surface area contributed by atoms with Crippen LogP contribution in [-0.4, -0.2) is 41.2 Å². The Hall–Kier alpha value is -3.60. The molecule has 0 spiro atoms. The minimum atomic E-state index is -0.675. The van der Waals surface area contributed by atoms with Crippen LogP contribution in [0.3, 0.4) is 0 Å². The number of nitro benzene ring substituents is 1. The third-order valence-corrected chi connectivity index (χ3v) is 4.84. The van der Waals surface area contributed by atoms with E-state index >= 15 is 0 Å². The largest absolute Gasteiger partial charge is 0.490 e. The summed E-state index contributed by atoms with van der Waals surface area (Å²) >= 11 is 0.702. The number of thioether (sulfide) groups is 1. The molecule has 11 heteroatoms. The number of imide groups is 1. The van der Waals surface area contributed by atoms with Gasteiger partial charge in [0.15, 0.2) is 5.75 Å². The summed E-state index contributed by atoms with van der Waals surface area (Å²) in [5.74, 6) is -0.982. The normalized spacial score (nSPS) is 15.1. The molecule has 0 atom stereocenters. The number of rotatable bonds is 6. The van der Waals surface area contributed by atoms with Crippen LogP contribution in [0, 0.1) is 10.1 Å². The summed E-state index contributed by atoms with van der Waals surface area (Å²) < 4.78 is 14.8. The van der Waals surface area contributed by atoms with Crippen LogP contribution in [0.15, 0.2) is 39.7 Å². The van der Waals surface area contributed by atoms with Crippen molar-refractivity contribution in [3.63, 3.8) is 0 Å². The molecule has 2 amide bonds. The van der Waals surface area contributed by atoms with E-state index in [1.807, 2.05) is 0 Å². The molecule has 0 saturated carbocycles. The molecule has 1 aliphatic rings. The lowest BCUT2D eigenvalue weighted by molar-refractivity contribution is -0.385. The van der Waals surface area contributed by atoms with Gasteiger partial charge < -0.3 is 13.9 Å². The highest BCUT2D eigenvalue weighted by Gasteiger charge is 2.36. The van der Waals surface area contributed by atoms with Gasteiger partial charge in [-0.1, -0.05) is 6.07 Å². The van der Waals surface area contributed by atoms with Crippen LogP contribution in [-0.2, 0) is 16.1 Å². The predicted octanol–water partition coefficient (Wildman–Crippen LogP) is 3.22. The van der Waals surface area contributed by atoms with E-state index in [-0.39, 0.29) is 34.4 Å². The summed E-state index contributed by atoms with van der Waals surface area (Å²) in [5.41, 5.74) is 0.111. The molecular weight excluding hydrogens is 404 g/mol. The highest BCUT2D eigenvalue weighted by atomic mass is 32.2. The summed E-state index contributed by atoms with van der Waals surface area (Å²) in [6, 6.07) is 7.04. The van der Waals surface area contributed by atoms with Gasteiger partial charge in [-0.25, -0.2) is 4.79 Å². The number of nitrogens with zero attached hydrogens (tertiary/aromatic N) is 2. The third kappa shape index (κ3) is 4.14. The highest BCUT2D eigenvalue weighted by Crippen LogP contribution is 2.35. The lowest BCUT2D eigenvalue weighted by Crippen LogP contribution is -2.27. The highest BCUT2D eigenvalue weighted by molar-refractivity contribution is 8.18. The topological polar surface area (TPSA) is 129 Å². The second-order valence-corrected chi connectivity index (χ2v) is 6.71. The average Bonchev–Trinajstić information content (AvgIpc) is 3.28. The van der Waals surface area contributed by atoms with Crippen LogP contribution in [0.25, 0.3) is 6.08 Å². The Morgan fingerprint density at radius 3 is 2.69 bits per heavy atom. The zero-order valence-corrected chi connectivity index (χ0v) is 16.1. The van der Waals surface area contributed by atoms with Gasteiger partial charge in [-0.2, -0.15) is 0 Å². The van der Waals surface area contributed by atoms with Gasteiger partial charge >= 0.3 is 11.7 Å². The standard InChI is InChI=1S/C18H14N2O8S/c1-26-13-5-3-10(7-12(13)20(24)25)8-15-16(21)19(18(23)29-15)9-11-4-6-14(28-11)17(22)27-2/h3-8H,9H2,1-2H3/b15-8+.